The summed E-state index contributed by atoms with van der Waals surface area (Å²) >= 11 is 0. The quantitative estimate of drug-likeness (QED) is 0.759. The summed E-state index contributed by atoms with van der Waals surface area (Å²) in [5, 5.41) is 2.99. The highest BCUT2D eigenvalue weighted by atomic mass is 16.5. The fourth-order valence-corrected chi connectivity index (χ4v) is 2.74. The zero-order valence-corrected chi connectivity index (χ0v) is 16.8. The highest BCUT2D eigenvalue weighted by Gasteiger charge is 2.15. The summed E-state index contributed by atoms with van der Waals surface area (Å²) in [6.07, 6.45) is 0. The van der Waals surface area contributed by atoms with Crippen LogP contribution in [0, 0.1) is 0 Å². The van der Waals surface area contributed by atoms with E-state index in [1.165, 1.54) is 11.1 Å². The summed E-state index contributed by atoms with van der Waals surface area (Å²) in [4.78, 5) is 12.2. The van der Waals surface area contributed by atoms with Gasteiger partial charge in [0.1, 0.15) is 5.75 Å². The Hall–Kier alpha value is -2.29. The Morgan fingerprint density at radius 1 is 0.923 bits per heavy atom. The molecule has 1 unspecified atom stereocenters. The monoisotopic (exact) mass is 353 g/mol. The van der Waals surface area contributed by atoms with Crippen molar-refractivity contribution in [1.82, 2.24) is 5.32 Å². The average Bonchev–Trinajstić information content (AvgIpc) is 2.59. The number of hydrogen-bond donors (Lipinski definition) is 1. The molecule has 1 atom stereocenters. The highest BCUT2D eigenvalue weighted by Crippen LogP contribution is 2.24. The molecule has 140 valence electrons. The molecule has 0 fully saturated rings. The van der Waals surface area contributed by atoms with Gasteiger partial charge in [0.2, 0.25) is 0 Å². The van der Waals surface area contributed by atoms with Crippen LogP contribution in [0.5, 0.6) is 5.75 Å². The van der Waals surface area contributed by atoms with Crippen LogP contribution in [-0.2, 0) is 10.2 Å². The number of benzene rings is 2. The van der Waals surface area contributed by atoms with Crippen molar-refractivity contribution in [3.63, 3.8) is 0 Å². The largest absolute Gasteiger partial charge is 0.484 e. The van der Waals surface area contributed by atoms with Crippen LogP contribution in [0.1, 0.15) is 70.2 Å². The van der Waals surface area contributed by atoms with E-state index in [1.807, 2.05) is 31.2 Å². The van der Waals surface area contributed by atoms with Crippen LogP contribution < -0.4 is 10.1 Å². The first kappa shape index (κ1) is 20.0. The van der Waals surface area contributed by atoms with E-state index in [9.17, 15) is 4.79 Å². The first-order chi connectivity index (χ1) is 12.2. The van der Waals surface area contributed by atoms with Crippen molar-refractivity contribution in [2.45, 2.75) is 58.9 Å². The second kappa shape index (κ2) is 8.39. The Bertz CT molecular complexity index is 709. The first-order valence-corrected chi connectivity index (χ1v) is 9.29. The molecule has 3 nitrogen and oxygen atoms in total. The van der Waals surface area contributed by atoms with Crippen LogP contribution in [0.25, 0.3) is 0 Å². The number of rotatable bonds is 6. The van der Waals surface area contributed by atoms with Crippen LogP contribution in [0.3, 0.4) is 0 Å². The molecule has 0 saturated heterocycles. The Balaban J connectivity index is 1.86. The van der Waals surface area contributed by atoms with Crippen molar-refractivity contribution in [2.24, 2.45) is 0 Å². The predicted octanol–water partition coefficient (Wildman–Crippen LogP) is 5.36. The minimum Gasteiger partial charge on any atom is -0.484 e. The van der Waals surface area contributed by atoms with E-state index in [0.717, 1.165) is 5.56 Å². The van der Waals surface area contributed by atoms with E-state index >= 15 is 0 Å². The van der Waals surface area contributed by atoms with Crippen molar-refractivity contribution in [3.8, 4) is 5.75 Å². The smallest absolute Gasteiger partial charge is 0.258 e. The summed E-state index contributed by atoms with van der Waals surface area (Å²) < 4.78 is 5.59. The number of carbonyl (C=O) groups is 1. The molecular formula is C23H31NO2. The molecule has 0 aromatic heterocycles. The minimum absolute atomic E-state index is 0.0193. The van der Waals surface area contributed by atoms with Crippen molar-refractivity contribution in [3.05, 3.63) is 65.2 Å². The molecule has 2 aromatic carbocycles. The maximum absolute atomic E-state index is 12.2. The lowest BCUT2D eigenvalue weighted by Gasteiger charge is -2.20. The standard InChI is InChI=1S/C23H31NO2/c1-16(2)18-9-13-21(14-10-18)26-15-22(25)24-17(3)19-7-11-20(12-8-19)23(4,5)6/h7-14,16-17H,15H2,1-6H3,(H,24,25). The first-order valence-electron chi connectivity index (χ1n) is 9.29. The summed E-state index contributed by atoms with van der Waals surface area (Å²) in [6.45, 7) is 12.9. The Kier molecular flexibility index (Phi) is 6.47. The van der Waals surface area contributed by atoms with Gasteiger partial charge in [-0.3, -0.25) is 4.79 Å². The van der Waals surface area contributed by atoms with E-state index in [1.54, 1.807) is 0 Å². The lowest BCUT2D eigenvalue weighted by atomic mass is 9.86. The zero-order valence-electron chi connectivity index (χ0n) is 16.8. The molecule has 0 heterocycles. The second-order valence-corrected chi connectivity index (χ2v) is 8.17. The van der Waals surface area contributed by atoms with E-state index in [4.69, 9.17) is 4.74 Å². The Morgan fingerprint density at radius 2 is 1.46 bits per heavy atom. The van der Waals surface area contributed by atoms with Gasteiger partial charge in [-0.25, -0.2) is 0 Å². The summed E-state index contributed by atoms with van der Waals surface area (Å²) in [5.74, 6) is 1.08. The third-order valence-corrected chi connectivity index (χ3v) is 4.57. The van der Waals surface area contributed by atoms with Crippen LogP contribution >= 0.6 is 0 Å². The van der Waals surface area contributed by atoms with Gasteiger partial charge in [-0.05, 0) is 47.1 Å². The third-order valence-electron chi connectivity index (χ3n) is 4.57. The third kappa shape index (κ3) is 5.62. The maximum atomic E-state index is 12.2. The topological polar surface area (TPSA) is 38.3 Å². The number of hydrogen-bond acceptors (Lipinski definition) is 2. The normalized spacial score (nSPS) is 12.7. The second-order valence-electron chi connectivity index (χ2n) is 8.17. The molecule has 1 N–H and O–H groups in total. The van der Waals surface area contributed by atoms with Crippen LogP contribution in [-0.4, -0.2) is 12.5 Å². The fraction of sp³-hybridized carbons (Fsp3) is 0.435. The summed E-state index contributed by atoms with van der Waals surface area (Å²) in [6, 6.07) is 16.3. The molecule has 0 aliphatic heterocycles. The van der Waals surface area contributed by atoms with Gasteiger partial charge in [0.25, 0.3) is 5.91 Å². The molecular weight excluding hydrogens is 322 g/mol. The molecule has 0 bridgehead atoms. The van der Waals surface area contributed by atoms with Crippen LogP contribution in [0.4, 0.5) is 0 Å². The molecule has 0 spiro atoms. The van der Waals surface area contributed by atoms with Gasteiger partial charge in [0, 0.05) is 0 Å². The van der Waals surface area contributed by atoms with Gasteiger partial charge in [0.05, 0.1) is 6.04 Å². The van der Waals surface area contributed by atoms with Gasteiger partial charge in [-0.2, -0.15) is 0 Å². The molecule has 3 heteroatoms. The molecule has 2 aromatic rings. The number of ether oxygens (including phenoxy) is 1. The molecule has 2 rings (SSSR count). The molecule has 0 aliphatic rings. The van der Waals surface area contributed by atoms with Crippen molar-refractivity contribution in [2.75, 3.05) is 6.61 Å². The fourth-order valence-electron chi connectivity index (χ4n) is 2.74. The minimum atomic E-state index is -0.120. The van der Waals surface area contributed by atoms with Gasteiger partial charge in [0.15, 0.2) is 6.61 Å². The van der Waals surface area contributed by atoms with E-state index in [2.05, 4.69) is 64.2 Å². The van der Waals surface area contributed by atoms with Crippen molar-refractivity contribution in [1.29, 1.82) is 0 Å². The Labute approximate surface area is 157 Å². The number of amides is 1. The predicted molar refractivity (Wildman–Crippen MR) is 108 cm³/mol. The number of carbonyl (C=O) groups excluding carboxylic acids is 1. The van der Waals surface area contributed by atoms with Gasteiger partial charge in [-0.1, -0.05) is 71.0 Å². The summed E-state index contributed by atoms with van der Waals surface area (Å²) in [5.41, 5.74) is 3.76. The van der Waals surface area contributed by atoms with Crippen molar-refractivity contribution >= 4 is 5.91 Å². The van der Waals surface area contributed by atoms with E-state index < -0.39 is 0 Å². The lowest BCUT2D eigenvalue weighted by Crippen LogP contribution is -2.31. The van der Waals surface area contributed by atoms with Gasteiger partial charge in [-0.15, -0.1) is 0 Å². The number of nitrogens with one attached hydrogen (secondary N) is 1. The van der Waals surface area contributed by atoms with Crippen molar-refractivity contribution < 1.29 is 9.53 Å². The zero-order chi connectivity index (χ0) is 19.3. The van der Waals surface area contributed by atoms with Gasteiger partial charge < -0.3 is 10.1 Å². The molecule has 1 amide bonds. The SMILES string of the molecule is CC(C)c1ccc(OCC(=O)NC(C)c2ccc(C(C)(C)C)cc2)cc1. The van der Waals surface area contributed by atoms with Gasteiger partial charge >= 0.3 is 0 Å². The molecule has 0 saturated carbocycles. The molecule has 26 heavy (non-hydrogen) atoms. The summed E-state index contributed by atoms with van der Waals surface area (Å²) in [7, 11) is 0. The lowest BCUT2D eigenvalue weighted by molar-refractivity contribution is -0.123. The molecule has 0 aliphatic carbocycles. The highest BCUT2D eigenvalue weighted by molar-refractivity contribution is 5.78. The van der Waals surface area contributed by atoms with E-state index in [-0.39, 0.29) is 24.0 Å². The van der Waals surface area contributed by atoms with Crippen LogP contribution in [0.15, 0.2) is 48.5 Å². The average molecular weight is 354 g/mol. The Morgan fingerprint density at radius 3 is 1.96 bits per heavy atom. The maximum Gasteiger partial charge on any atom is 0.258 e. The molecule has 0 radical (unpaired) electrons. The van der Waals surface area contributed by atoms with E-state index in [0.29, 0.717) is 11.7 Å². The van der Waals surface area contributed by atoms with Crippen LogP contribution in [0.2, 0.25) is 0 Å².